The van der Waals surface area contributed by atoms with Crippen LogP contribution in [0.2, 0.25) is 0 Å². The van der Waals surface area contributed by atoms with Gasteiger partial charge in [-0.05, 0) is 19.9 Å². The highest BCUT2D eigenvalue weighted by molar-refractivity contribution is 6.06. The van der Waals surface area contributed by atoms with Crippen LogP contribution >= 0.6 is 0 Å². The Labute approximate surface area is 111 Å². The van der Waals surface area contributed by atoms with Crippen molar-refractivity contribution in [3.8, 4) is 0 Å². The number of imide groups is 1. The van der Waals surface area contributed by atoms with Crippen molar-refractivity contribution in [3.05, 3.63) is 28.7 Å². The van der Waals surface area contributed by atoms with Crippen molar-refractivity contribution in [2.75, 3.05) is 11.9 Å². The summed E-state index contributed by atoms with van der Waals surface area (Å²) in [5, 5.41) is 3.02. The summed E-state index contributed by atoms with van der Waals surface area (Å²) < 4.78 is 1.54. The van der Waals surface area contributed by atoms with E-state index in [9.17, 15) is 14.4 Å². The summed E-state index contributed by atoms with van der Waals surface area (Å²) in [7, 11) is 0. The number of pyridine rings is 1. The van der Waals surface area contributed by atoms with Gasteiger partial charge in [-0.3, -0.25) is 19.3 Å². The highest BCUT2D eigenvalue weighted by Crippen LogP contribution is 2.17. The molecule has 1 saturated heterocycles. The van der Waals surface area contributed by atoms with E-state index in [1.807, 2.05) is 6.92 Å². The summed E-state index contributed by atoms with van der Waals surface area (Å²) in [5.74, 6) is -0.365. The van der Waals surface area contributed by atoms with Crippen LogP contribution < -0.4 is 10.9 Å². The van der Waals surface area contributed by atoms with Crippen LogP contribution in [0.5, 0.6) is 0 Å². The summed E-state index contributed by atoms with van der Waals surface area (Å²) in [5.41, 5.74) is 0.586. The maximum atomic E-state index is 11.9. The van der Waals surface area contributed by atoms with E-state index in [0.717, 1.165) is 0 Å². The molecule has 2 rings (SSSR count). The highest BCUT2D eigenvalue weighted by Gasteiger charge is 2.37. The molecular weight excluding hydrogens is 246 g/mol. The van der Waals surface area contributed by atoms with Gasteiger partial charge in [0, 0.05) is 25.4 Å². The molecule has 19 heavy (non-hydrogen) atoms. The number of nitrogens with one attached hydrogen (secondary N) is 1. The molecule has 6 heteroatoms. The summed E-state index contributed by atoms with van der Waals surface area (Å²) in [6, 6.07) is 2.54. The van der Waals surface area contributed by atoms with Crippen LogP contribution in [0.4, 0.5) is 5.69 Å². The van der Waals surface area contributed by atoms with E-state index in [1.165, 1.54) is 11.0 Å². The second-order valence-corrected chi connectivity index (χ2v) is 4.42. The lowest BCUT2D eigenvalue weighted by Crippen LogP contribution is -2.34. The van der Waals surface area contributed by atoms with Crippen LogP contribution in [0.25, 0.3) is 0 Å². The van der Waals surface area contributed by atoms with Crippen LogP contribution in [0.3, 0.4) is 0 Å². The fourth-order valence-corrected chi connectivity index (χ4v) is 2.19. The third-order valence-electron chi connectivity index (χ3n) is 3.23. The molecular formula is C13H17N3O3. The minimum absolute atomic E-state index is 0.0861. The fourth-order valence-electron chi connectivity index (χ4n) is 2.19. The quantitative estimate of drug-likeness (QED) is 0.800. The number of anilines is 1. The zero-order chi connectivity index (χ0) is 14.0. The van der Waals surface area contributed by atoms with Crippen LogP contribution in [-0.4, -0.2) is 33.9 Å². The maximum Gasteiger partial charge on any atom is 0.252 e. The molecule has 1 aliphatic rings. The molecule has 1 aromatic rings. The van der Waals surface area contributed by atoms with Crippen LogP contribution in [-0.2, 0) is 16.1 Å². The average Bonchev–Trinajstić information content (AvgIpc) is 2.66. The van der Waals surface area contributed by atoms with Gasteiger partial charge in [0.15, 0.2) is 0 Å². The van der Waals surface area contributed by atoms with Gasteiger partial charge >= 0.3 is 0 Å². The smallest absolute Gasteiger partial charge is 0.252 e. The van der Waals surface area contributed by atoms with Gasteiger partial charge in [-0.1, -0.05) is 0 Å². The van der Waals surface area contributed by atoms with E-state index in [0.29, 0.717) is 18.8 Å². The van der Waals surface area contributed by atoms with Crippen molar-refractivity contribution in [1.82, 2.24) is 9.47 Å². The van der Waals surface area contributed by atoms with Gasteiger partial charge in [0.25, 0.3) is 11.5 Å². The van der Waals surface area contributed by atoms with E-state index in [4.69, 9.17) is 0 Å². The lowest BCUT2D eigenvalue weighted by molar-refractivity contribution is -0.138. The second kappa shape index (κ2) is 5.26. The monoisotopic (exact) mass is 263 g/mol. The van der Waals surface area contributed by atoms with E-state index < -0.39 is 6.04 Å². The number of likely N-dealkylation sites (tertiary alicyclic amines) is 1. The number of rotatable bonds is 4. The first kappa shape index (κ1) is 13.3. The Kier molecular flexibility index (Phi) is 3.69. The van der Waals surface area contributed by atoms with Crippen molar-refractivity contribution < 1.29 is 9.59 Å². The first-order chi connectivity index (χ1) is 9.06. The molecule has 0 bridgehead atoms. The molecule has 1 N–H and O–H groups in total. The molecule has 0 radical (unpaired) electrons. The van der Waals surface area contributed by atoms with Crippen molar-refractivity contribution >= 4 is 17.5 Å². The summed E-state index contributed by atoms with van der Waals surface area (Å²) in [4.78, 5) is 36.3. The molecule has 2 heterocycles. The van der Waals surface area contributed by atoms with Gasteiger partial charge in [0.2, 0.25) is 5.91 Å². The normalized spacial score (nSPS) is 19.1. The van der Waals surface area contributed by atoms with Gasteiger partial charge in [-0.25, -0.2) is 0 Å². The number of aromatic nitrogens is 1. The van der Waals surface area contributed by atoms with E-state index in [1.54, 1.807) is 23.8 Å². The predicted molar refractivity (Wildman–Crippen MR) is 70.8 cm³/mol. The number of likely N-dealkylation sites (N-methyl/N-ethyl adjacent to an activating group) is 1. The summed E-state index contributed by atoms with van der Waals surface area (Å²) >= 11 is 0. The van der Waals surface area contributed by atoms with Gasteiger partial charge in [-0.2, -0.15) is 0 Å². The lowest BCUT2D eigenvalue weighted by atomic mass is 10.2. The van der Waals surface area contributed by atoms with E-state index >= 15 is 0 Å². The first-order valence-corrected chi connectivity index (χ1v) is 6.38. The Balaban J connectivity index is 2.16. The zero-order valence-corrected chi connectivity index (χ0v) is 11.0. The Hall–Kier alpha value is -2.11. The Morgan fingerprint density at radius 3 is 2.53 bits per heavy atom. The number of hydrogen-bond donors (Lipinski definition) is 1. The Bertz CT molecular complexity index is 564. The molecule has 0 spiro atoms. The molecule has 0 aromatic carbocycles. The Morgan fingerprint density at radius 2 is 1.95 bits per heavy atom. The van der Waals surface area contributed by atoms with Gasteiger partial charge in [0.05, 0.1) is 12.1 Å². The second-order valence-electron chi connectivity index (χ2n) is 4.42. The third kappa shape index (κ3) is 2.52. The van der Waals surface area contributed by atoms with Crippen molar-refractivity contribution in [3.63, 3.8) is 0 Å². The van der Waals surface area contributed by atoms with Crippen molar-refractivity contribution in [2.24, 2.45) is 0 Å². The molecule has 0 saturated carbocycles. The third-order valence-corrected chi connectivity index (χ3v) is 3.23. The summed E-state index contributed by atoms with van der Waals surface area (Å²) in [6.45, 7) is 4.60. The molecule has 1 fully saturated rings. The van der Waals surface area contributed by atoms with Crippen molar-refractivity contribution in [1.29, 1.82) is 0 Å². The SMILES string of the molecule is CCN1C(=O)CC(Nc2ccc(=O)n(CC)c2)C1=O. The molecule has 102 valence electrons. The fraction of sp³-hybridized carbons (Fsp3) is 0.462. The number of hydrogen-bond acceptors (Lipinski definition) is 4. The van der Waals surface area contributed by atoms with Gasteiger partial charge in [-0.15, -0.1) is 0 Å². The molecule has 2 amide bonds. The zero-order valence-electron chi connectivity index (χ0n) is 11.0. The maximum absolute atomic E-state index is 11.9. The number of aryl methyl sites for hydroxylation is 1. The number of amides is 2. The standard InChI is InChI=1S/C13H17N3O3/c1-3-15-8-9(5-6-11(15)17)14-10-7-12(18)16(4-2)13(10)19/h5-6,8,10,14H,3-4,7H2,1-2H3. The van der Waals surface area contributed by atoms with Crippen molar-refractivity contribution in [2.45, 2.75) is 32.9 Å². The van der Waals surface area contributed by atoms with Crippen LogP contribution in [0.1, 0.15) is 20.3 Å². The molecule has 0 aliphatic carbocycles. The first-order valence-electron chi connectivity index (χ1n) is 6.38. The topological polar surface area (TPSA) is 71.4 Å². The van der Waals surface area contributed by atoms with Crippen LogP contribution in [0, 0.1) is 0 Å². The lowest BCUT2D eigenvalue weighted by Gasteiger charge is -2.14. The van der Waals surface area contributed by atoms with Gasteiger partial charge < -0.3 is 9.88 Å². The Morgan fingerprint density at radius 1 is 1.21 bits per heavy atom. The molecule has 1 aliphatic heterocycles. The minimum atomic E-state index is -0.532. The van der Waals surface area contributed by atoms with Crippen LogP contribution in [0.15, 0.2) is 23.1 Å². The molecule has 6 nitrogen and oxygen atoms in total. The minimum Gasteiger partial charge on any atom is -0.372 e. The number of nitrogens with zero attached hydrogens (tertiary/aromatic N) is 2. The highest BCUT2D eigenvalue weighted by atomic mass is 16.2. The van der Waals surface area contributed by atoms with E-state index in [2.05, 4.69) is 5.32 Å². The molecule has 1 atom stereocenters. The number of carbonyl (C=O) groups is 2. The predicted octanol–water partition coefficient (Wildman–Crippen LogP) is 0.427. The summed E-state index contributed by atoms with van der Waals surface area (Å²) in [6.07, 6.45) is 1.83. The largest absolute Gasteiger partial charge is 0.372 e. The van der Waals surface area contributed by atoms with E-state index in [-0.39, 0.29) is 23.8 Å². The van der Waals surface area contributed by atoms with Gasteiger partial charge in [0.1, 0.15) is 6.04 Å². The molecule has 1 aromatic heterocycles. The molecule has 1 unspecified atom stereocenters. The number of carbonyl (C=O) groups excluding carboxylic acids is 2. The average molecular weight is 263 g/mol.